The van der Waals surface area contributed by atoms with Crippen LogP contribution in [0, 0.1) is 0 Å². The number of esters is 2. The predicted molar refractivity (Wildman–Crippen MR) is 94.5 cm³/mol. The van der Waals surface area contributed by atoms with Gasteiger partial charge >= 0.3 is 11.9 Å². The van der Waals surface area contributed by atoms with Crippen molar-refractivity contribution >= 4 is 35.3 Å². The highest BCUT2D eigenvalue weighted by molar-refractivity contribution is 8.00. The van der Waals surface area contributed by atoms with Crippen molar-refractivity contribution in [3.05, 3.63) is 60.2 Å². The molecule has 0 atom stereocenters. The molecule has 0 aliphatic heterocycles. The molecular weight excluding hydrogens is 342 g/mol. The Balaban J connectivity index is 1.81. The van der Waals surface area contributed by atoms with Gasteiger partial charge in [-0.2, -0.15) is 0 Å². The molecule has 25 heavy (non-hydrogen) atoms. The number of methoxy groups -OCH3 is 1. The Bertz CT molecular complexity index is 748. The van der Waals surface area contributed by atoms with E-state index in [-0.39, 0.29) is 11.3 Å². The molecule has 0 heterocycles. The number of ether oxygens (including phenoxy) is 2. The number of nitrogens with one attached hydrogen (secondary N) is 1. The summed E-state index contributed by atoms with van der Waals surface area (Å²) in [6, 6.07) is 15.8. The first-order valence-electron chi connectivity index (χ1n) is 7.41. The molecule has 0 saturated carbocycles. The van der Waals surface area contributed by atoms with Gasteiger partial charge in [0.05, 0.1) is 24.1 Å². The van der Waals surface area contributed by atoms with Crippen molar-refractivity contribution in [1.29, 1.82) is 0 Å². The Morgan fingerprint density at radius 2 is 1.68 bits per heavy atom. The summed E-state index contributed by atoms with van der Waals surface area (Å²) in [5.41, 5.74) is 0.526. The van der Waals surface area contributed by atoms with E-state index in [0.717, 1.165) is 4.90 Å². The van der Waals surface area contributed by atoms with E-state index in [1.54, 1.807) is 18.2 Å². The van der Waals surface area contributed by atoms with Gasteiger partial charge in [0.25, 0.3) is 5.91 Å². The molecule has 0 aromatic heterocycles. The van der Waals surface area contributed by atoms with Crippen molar-refractivity contribution in [2.45, 2.75) is 4.90 Å². The Morgan fingerprint density at radius 3 is 2.40 bits per heavy atom. The zero-order chi connectivity index (χ0) is 18.1. The van der Waals surface area contributed by atoms with Gasteiger partial charge in [0, 0.05) is 4.90 Å². The summed E-state index contributed by atoms with van der Waals surface area (Å²) >= 11 is 1.33. The van der Waals surface area contributed by atoms with Crippen molar-refractivity contribution in [2.75, 3.05) is 24.8 Å². The highest BCUT2D eigenvalue weighted by Gasteiger charge is 2.14. The summed E-state index contributed by atoms with van der Waals surface area (Å²) in [6.45, 7) is -0.427. The molecule has 1 N–H and O–H groups in total. The molecule has 1 amide bonds. The van der Waals surface area contributed by atoms with Crippen LogP contribution in [-0.4, -0.2) is 37.3 Å². The van der Waals surface area contributed by atoms with Crippen molar-refractivity contribution in [2.24, 2.45) is 0 Å². The van der Waals surface area contributed by atoms with Crippen LogP contribution in [0.5, 0.6) is 0 Å². The Labute approximate surface area is 149 Å². The molecule has 0 saturated heterocycles. The highest BCUT2D eigenvalue weighted by atomic mass is 32.2. The second kappa shape index (κ2) is 9.48. The topological polar surface area (TPSA) is 81.7 Å². The number of thioether (sulfide) groups is 1. The molecule has 0 unspecified atom stereocenters. The van der Waals surface area contributed by atoms with Crippen LogP contribution in [0.15, 0.2) is 59.5 Å². The summed E-state index contributed by atoms with van der Waals surface area (Å²) < 4.78 is 9.59. The van der Waals surface area contributed by atoms with Crippen LogP contribution in [-0.2, 0) is 19.1 Å². The molecule has 2 aromatic rings. The first-order chi connectivity index (χ1) is 12.1. The quantitative estimate of drug-likeness (QED) is 0.605. The van der Waals surface area contributed by atoms with Gasteiger partial charge in [-0.25, -0.2) is 4.79 Å². The van der Waals surface area contributed by atoms with Gasteiger partial charge in [0.2, 0.25) is 0 Å². The van der Waals surface area contributed by atoms with E-state index in [1.807, 2.05) is 30.3 Å². The van der Waals surface area contributed by atoms with Crippen LogP contribution in [0.2, 0.25) is 0 Å². The largest absolute Gasteiger partial charge is 0.465 e. The normalized spacial score (nSPS) is 9.96. The fourth-order valence-corrected chi connectivity index (χ4v) is 2.63. The van der Waals surface area contributed by atoms with Crippen molar-refractivity contribution < 1.29 is 23.9 Å². The number of amides is 1. The Morgan fingerprint density at radius 1 is 1.00 bits per heavy atom. The first kappa shape index (κ1) is 18.5. The number of hydrogen-bond donors (Lipinski definition) is 1. The third-order valence-corrected chi connectivity index (χ3v) is 4.06. The van der Waals surface area contributed by atoms with E-state index in [9.17, 15) is 14.4 Å². The third kappa shape index (κ3) is 5.96. The minimum Gasteiger partial charge on any atom is -0.465 e. The number of carbonyl (C=O) groups is 3. The van der Waals surface area contributed by atoms with Crippen LogP contribution < -0.4 is 5.32 Å². The molecule has 0 aliphatic carbocycles. The van der Waals surface area contributed by atoms with Crippen LogP contribution in [0.1, 0.15) is 10.4 Å². The second-order valence-electron chi connectivity index (χ2n) is 4.85. The number of benzene rings is 2. The van der Waals surface area contributed by atoms with Gasteiger partial charge in [-0.05, 0) is 24.3 Å². The lowest BCUT2D eigenvalue weighted by Gasteiger charge is -2.10. The van der Waals surface area contributed by atoms with E-state index in [1.165, 1.54) is 24.9 Å². The minimum absolute atomic E-state index is 0.107. The number of hydrogen-bond acceptors (Lipinski definition) is 6. The van der Waals surface area contributed by atoms with Crippen LogP contribution in [0.3, 0.4) is 0 Å². The minimum atomic E-state index is -0.563. The van der Waals surface area contributed by atoms with Crippen LogP contribution >= 0.6 is 11.8 Å². The molecular formula is C18H17NO5S. The molecule has 0 fully saturated rings. The molecule has 0 radical (unpaired) electrons. The maximum Gasteiger partial charge on any atom is 0.339 e. The van der Waals surface area contributed by atoms with E-state index < -0.39 is 24.5 Å². The smallest absolute Gasteiger partial charge is 0.339 e. The summed E-state index contributed by atoms with van der Waals surface area (Å²) in [7, 11) is 1.26. The van der Waals surface area contributed by atoms with E-state index in [2.05, 4.69) is 10.1 Å². The Kier molecular flexibility index (Phi) is 7.03. The number of rotatable bonds is 7. The molecule has 130 valence electrons. The molecule has 2 aromatic carbocycles. The molecule has 2 rings (SSSR count). The number of para-hydroxylation sites is 1. The molecule has 7 heteroatoms. The lowest BCUT2D eigenvalue weighted by atomic mass is 10.2. The average molecular weight is 359 g/mol. The van der Waals surface area contributed by atoms with Gasteiger partial charge < -0.3 is 14.8 Å². The van der Waals surface area contributed by atoms with Crippen LogP contribution in [0.4, 0.5) is 5.69 Å². The highest BCUT2D eigenvalue weighted by Crippen LogP contribution is 2.17. The number of carbonyl (C=O) groups excluding carboxylic acids is 3. The van der Waals surface area contributed by atoms with Gasteiger partial charge in [-0.15, -0.1) is 11.8 Å². The van der Waals surface area contributed by atoms with Crippen molar-refractivity contribution in [3.63, 3.8) is 0 Å². The van der Waals surface area contributed by atoms with Crippen molar-refractivity contribution in [3.8, 4) is 0 Å². The third-order valence-electron chi connectivity index (χ3n) is 3.07. The molecule has 0 bridgehead atoms. The van der Waals surface area contributed by atoms with Crippen LogP contribution in [0.25, 0.3) is 0 Å². The van der Waals surface area contributed by atoms with Gasteiger partial charge in [0.15, 0.2) is 6.61 Å². The van der Waals surface area contributed by atoms with E-state index in [0.29, 0.717) is 5.69 Å². The second-order valence-corrected chi connectivity index (χ2v) is 5.90. The zero-order valence-electron chi connectivity index (χ0n) is 13.6. The van der Waals surface area contributed by atoms with E-state index >= 15 is 0 Å². The summed E-state index contributed by atoms with van der Waals surface area (Å²) in [5, 5.41) is 2.53. The molecule has 0 spiro atoms. The lowest BCUT2D eigenvalue weighted by Crippen LogP contribution is -2.22. The van der Waals surface area contributed by atoms with Crippen molar-refractivity contribution in [1.82, 2.24) is 0 Å². The fourth-order valence-electron chi connectivity index (χ4n) is 1.91. The fraction of sp³-hybridized carbons (Fsp3) is 0.167. The SMILES string of the molecule is COC(=O)c1ccccc1NC(=O)COC(=O)CSc1ccccc1. The maximum absolute atomic E-state index is 11.9. The monoisotopic (exact) mass is 359 g/mol. The average Bonchev–Trinajstić information content (AvgIpc) is 2.65. The Hall–Kier alpha value is -2.80. The first-order valence-corrected chi connectivity index (χ1v) is 8.39. The lowest BCUT2D eigenvalue weighted by molar-refractivity contribution is -0.144. The molecule has 6 nitrogen and oxygen atoms in total. The summed E-state index contributed by atoms with van der Waals surface area (Å²) in [4.78, 5) is 36.2. The van der Waals surface area contributed by atoms with Gasteiger partial charge in [-0.1, -0.05) is 30.3 Å². The standard InChI is InChI=1S/C18H17NO5S/c1-23-18(22)14-9-5-6-10-15(14)19-16(20)11-24-17(21)12-25-13-7-3-2-4-8-13/h2-10H,11-12H2,1H3,(H,19,20). The number of anilines is 1. The van der Waals surface area contributed by atoms with E-state index in [4.69, 9.17) is 4.74 Å². The maximum atomic E-state index is 11.9. The van der Waals surface area contributed by atoms with Gasteiger partial charge in [-0.3, -0.25) is 9.59 Å². The summed E-state index contributed by atoms with van der Waals surface area (Å²) in [6.07, 6.45) is 0. The zero-order valence-corrected chi connectivity index (χ0v) is 14.4. The van der Waals surface area contributed by atoms with Gasteiger partial charge in [0.1, 0.15) is 0 Å². The predicted octanol–water partition coefficient (Wildman–Crippen LogP) is 2.75. The summed E-state index contributed by atoms with van der Waals surface area (Å²) in [5.74, 6) is -1.48. The molecule has 0 aliphatic rings.